The normalized spacial score (nSPS) is 10.0. The fraction of sp³-hybridized carbons (Fsp3) is 0.0769. The molecule has 0 aliphatic carbocycles. The highest BCUT2D eigenvalue weighted by molar-refractivity contribution is 14.1. The zero-order valence-corrected chi connectivity index (χ0v) is 11.4. The third-order valence-electron chi connectivity index (χ3n) is 2.28. The van der Waals surface area contributed by atoms with Crippen molar-refractivity contribution in [1.82, 2.24) is 4.98 Å². The third-order valence-corrected chi connectivity index (χ3v) is 2.99. The zero-order valence-electron chi connectivity index (χ0n) is 9.27. The molecule has 0 saturated carbocycles. The molecule has 0 fully saturated rings. The van der Waals surface area contributed by atoms with Gasteiger partial charge in [-0.3, -0.25) is 9.78 Å². The van der Waals surface area contributed by atoms with Crippen molar-refractivity contribution in [3.8, 4) is 0 Å². The number of carbonyl (C=O) groups is 1. The summed E-state index contributed by atoms with van der Waals surface area (Å²) >= 11 is 2.21. The van der Waals surface area contributed by atoms with Gasteiger partial charge < -0.3 is 5.32 Å². The van der Waals surface area contributed by atoms with Crippen molar-refractivity contribution < 1.29 is 4.79 Å². The van der Waals surface area contributed by atoms with E-state index in [1.165, 1.54) is 0 Å². The molecule has 86 valence electrons. The van der Waals surface area contributed by atoms with Crippen LogP contribution < -0.4 is 5.32 Å². The highest BCUT2D eigenvalue weighted by Crippen LogP contribution is 2.10. The minimum Gasteiger partial charge on any atom is -0.321 e. The van der Waals surface area contributed by atoms with E-state index in [1.54, 1.807) is 18.3 Å². The Labute approximate surface area is 113 Å². The van der Waals surface area contributed by atoms with Gasteiger partial charge in [-0.15, -0.1) is 0 Å². The quantitative estimate of drug-likeness (QED) is 0.854. The predicted octanol–water partition coefficient (Wildman–Crippen LogP) is 3.25. The number of aromatic nitrogens is 1. The molecule has 0 saturated heterocycles. The summed E-state index contributed by atoms with van der Waals surface area (Å²) in [6.45, 7) is 1.91. The fourth-order valence-electron chi connectivity index (χ4n) is 1.35. The minimum atomic E-state index is -0.118. The number of benzene rings is 1. The lowest BCUT2D eigenvalue weighted by atomic mass is 10.2. The van der Waals surface area contributed by atoms with E-state index in [1.807, 2.05) is 31.2 Å². The van der Waals surface area contributed by atoms with Gasteiger partial charge in [0, 0.05) is 14.8 Å². The Morgan fingerprint density at radius 1 is 1.18 bits per heavy atom. The summed E-state index contributed by atoms with van der Waals surface area (Å²) in [5.41, 5.74) is 2.28. The maximum absolute atomic E-state index is 11.9. The summed E-state index contributed by atoms with van der Waals surface area (Å²) in [4.78, 5) is 16.0. The number of nitrogens with zero attached hydrogens (tertiary/aromatic N) is 1. The van der Waals surface area contributed by atoms with E-state index >= 15 is 0 Å². The molecule has 0 aliphatic rings. The molecule has 1 aromatic heterocycles. The smallest absolute Gasteiger partial charge is 0.255 e. The van der Waals surface area contributed by atoms with E-state index in [9.17, 15) is 4.79 Å². The first-order valence-electron chi connectivity index (χ1n) is 5.15. The van der Waals surface area contributed by atoms with E-state index < -0.39 is 0 Å². The number of nitrogens with one attached hydrogen (secondary N) is 1. The van der Waals surface area contributed by atoms with Gasteiger partial charge in [-0.25, -0.2) is 0 Å². The number of carbonyl (C=O) groups excluding carboxylic acids is 1. The van der Waals surface area contributed by atoms with Gasteiger partial charge >= 0.3 is 0 Å². The lowest BCUT2D eigenvalue weighted by Crippen LogP contribution is -2.11. The number of hydrogen-bond donors (Lipinski definition) is 1. The molecular formula is C13H11IN2O. The molecule has 0 spiro atoms. The molecule has 0 atom stereocenters. The van der Waals surface area contributed by atoms with Crippen molar-refractivity contribution in [3.63, 3.8) is 0 Å². The molecule has 0 bridgehead atoms. The Hall–Kier alpha value is -1.43. The SMILES string of the molecule is Cc1ccc(NC(=O)c2ccc(I)cc2)cn1. The number of amides is 1. The Balaban J connectivity index is 2.11. The highest BCUT2D eigenvalue weighted by atomic mass is 127. The molecule has 0 unspecified atom stereocenters. The van der Waals surface area contributed by atoms with Crippen molar-refractivity contribution in [1.29, 1.82) is 0 Å². The lowest BCUT2D eigenvalue weighted by molar-refractivity contribution is 0.102. The molecule has 1 N–H and O–H groups in total. The topological polar surface area (TPSA) is 42.0 Å². The van der Waals surface area contributed by atoms with Crippen LogP contribution in [0.15, 0.2) is 42.6 Å². The number of halogens is 1. The van der Waals surface area contributed by atoms with Crippen molar-refractivity contribution in [2.24, 2.45) is 0 Å². The molecule has 1 amide bonds. The van der Waals surface area contributed by atoms with Gasteiger partial charge in [-0.05, 0) is 65.9 Å². The number of pyridine rings is 1. The third kappa shape index (κ3) is 3.26. The van der Waals surface area contributed by atoms with Crippen molar-refractivity contribution in [2.45, 2.75) is 6.92 Å². The maximum atomic E-state index is 11.9. The first kappa shape index (κ1) is 12.0. The average Bonchev–Trinajstić information content (AvgIpc) is 2.33. The van der Waals surface area contributed by atoms with Crippen LogP contribution in [-0.2, 0) is 0 Å². The average molecular weight is 338 g/mol. The van der Waals surface area contributed by atoms with Crippen LogP contribution in [0.5, 0.6) is 0 Å². The monoisotopic (exact) mass is 338 g/mol. The van der Waals surface area contributed by atoms with Crippen LogP contribution in [-0.4, -0.2) is 10.9 Å². The molecule has 0 radical (unpaired) electrons. The Morgan fingerprint density at radius 3 is 2.47 bits per heavy atom. The van der Waals surface area contributed by atoms with Crippen LogP contribution in [0.25, 0.3) is 0 Å². The van der Waals surface area contributed by atoms with Crippen molar-refractivity contribution >= 4 is 34.2 Å². The fourth-order valence-corrected chi connectivity index (χ4v) is 1.71. The molecule has 2 rings (SSSR count). The predicted molar refractivity (Wildman–Crippen MR) is 76.1 cm³/mol. The summed E-state index contributed by atoms with van der Waals surface area (Å²) in [7, 11) is 0. The molecule has 4 heteroatoms. The molecule has 17 heavy (non-hydrogen) atoms. The Kier molecular flexibility index (Phi) is 3.73. The van der Waals surface area contributed by atoms with Gasteiger partial charge in [0.25, 0.3) is 5.91 Å². The standard InChI is InChI=1S/C13H11IN2O/c1-9-2-7-12(8-15-9)16-13(17)10-3-5-11(14)6-4-10/h2-8H,1H3,(H,16,17). The summed E-state index contributed by atoms with van der Waals surface area (Å²) < 4.78 is 1.11. The number of aryl methyl sites for hydroxylation is 1. The summed E-state index contributed by atoms with van der Waals surface area (Å²) in [6.07, 6.45) is 1.65. The van der Waals surface area contributed by atoms with Gasteiger partial charge in [-0.1, -0.05) is 0 Å². The summed E-state index contributed by atoms with van der Waals surface area (Å²) in [6, 6.07) is 11.1. The number of anilines is 1. The highest BCUT2D eigenvalue weighted by Gasteiger charge is 2.05. The van der Waals surface area contributed by atoms with Crippen LogP contribution in [0.4, 0.5) is 5.69 Å². The molecule has 1 aromatic carbocycles. The van der Waals surface area contributed by atoms with Crippen molar-refractivity contribution in [2.75, 3.05) is 5.32 Å². The van der Waals surface area contributed by atoms with E-state index in [0.29, 0.717) is 11.3 Å². The van der Waals surface area contributed by atoms with E-state index in [4.69, 9.17) is 0 Å². The van der Waals surface area contributed by atoms with Crippen LogP contribution in [0.3, 0.4) is 0 Å². The van der Waals surface area contributed by atoms with Crippen LogP contribution in [0.1, 0.15) is 16.1 Å². The second-order valence-corrected chi connectivity index (χ2v) is 4.89. The Bertz CT molecular complexity index is 520. The molecule has 1 heterocycles. The maximum Gasteiger partial charge on any atom is 0.255 e. The van der Waals surface area contributed by atoms with Crippen LogP contribution in [0, 0.1) is 10.5 Å². The molecular weight excluding hydrogens is 327 g/mol. The van der Waals surface area contributed by atoms with Gasteiger partial charge in [0.05, 0.1) is 11.9 Å². The Morgan fingerprint density at radius 2 is 1.88 bits per heavy atom. The summed E-state index contributed by atoms with van der Waals surface area (Å²) in [5, 5.41) is 2.80. The largest absolute Gasteiger partial charge is 0.321 e. The molecule has 3 nitrogen and oxygen atoms in total. The van der Waals surface area contributed by atoms with Gasteiger partial charge in [0.2, 0.25) is 0 Å². The van der Waals surface area contributed by atoms with Gasteiger partial charge in [0.15, 0.2) is 0 Å². The lowest BCUT2D eigenvalue weighted by Gasteiger charge is -2.05. The van der Waals surface area contributed by atoms with Gasteiger partial charge in [-0.2, -0.15) is 0 Å². The van der Waals surface area contributed by atoms with Crippen LogP contribution in [0.2, 0.25) is 0 Å². The first-order valence-corrected chi connectivity index (χ1v) is 6.22. The van der Waals surface area contributed by atoms with E-state index in [-0.39, 0.29) is 5.91 Å². The number of rotatable bonds is 2. The second-order valence-electron chi connectivity index (χ2n) is 3.65. The summed E-state index contributed by atoms with van der Waals surface area (Å²) in [5.74, 6) is -0.118. The van der Waals surface area contributed by atoms with Gasteiger partial charge in [0.1, 0.15) is 0 Å². The molecule has 2 aromatic rings. The molecule has 0 aliphatic heterocycles. The first-order chi connectivity index (χ1) is 8.15. The van der Waals surface area contributed by atoms with E-state index in [2.05, 4.69) is 32.9 Å². The zero-order chi connectivity index (χ0) is 12.3. The van der Waals surface area contributed by atoms with E-state index in [0.717, 1.165) is 9.26 Å². The van der Waals surface area contributed by atoms with Crippen LogP contribution >= 0.6 is 22.6 Å². The number of hydrogen-bond acceptors (Lipinski definition) is 2. The minimum absolute atomic E-state index is 0.118. The second kappa shape index (κ2) is 5.27. The van der Waals surface area contributed by atoms with Crippen molar-refractivity contribution in [3.05, 3.63) is 57.4 Å².